The monoisotopic (exact) mass is 355 g/mol. The second kappa shape index (κ2) is 9.38. The summed E-state index contributed by atoms with van der Waals surface area (Å²) in [5, 5.41) is 3.38. The van der Waals surface area contributed by atoms with Crippen LogP contribution in [-0.2, 0) is 14.3 Å². The third-order valence-electron chi connectivity index (χ3n) is 2.63. The van der Waals surface area contributed by atoms with Crippen molar-refractivity contribution in [2.24, 2.45) is 0 Å². The van der Waals surface area contributed by atoms with Crippen molar-refractivity contribution in [2.75, 3.05) is 0 Å². The number of halogens is 2. The molecule has 23 heavy (non-hydrogen) atoms. The zero-order valence-corrected chi connectivity index (χ0v) is 14.7. The van der Waals surface area contributed by atoms with Crippen molar-refractivity contribution >= 4 is 41.2 Å². The molecule has 0 atom stereocenters. The Morgan fingerprint density at radius 3 is 2.39 bits per heavy atom. The van der Waals surface area contributed by atoms with E-state index in [0.717, 1.165) is 0 Å². The molecule has 124 valence electrons. The van der Waals surface area contributed by atoms with Crippen molar-refractivity contribution < 1.29 is 14.3 Å². The highest BCUT2D eigenvalue weighted by molar-refractivity contribution is 6.37. The summed E-state index contributed by atoms with van der Waals surface area (Å²) >= 11 is 12.0. The number of carbonyl (C=O) groups is 2. The molecule has 0 heterocycles. The van der Waals surface area contributed by atoms with Gasteiger partial charge in [0.1, 0.15) is 5.70 Å². The number of hydrogen-bond donors (Lipinski definition) is 1. The van der Waals surface area contributed by atoms with Gasteiger partial charge in [-0.1, -0.05) is 42.3 Å². The molecule has 0 bridgehead atoms. The highest BCUT2D eigenvalue weighted by atomic mass is 35.5. The molecule has 0 saturated heterocycles. The smallest absolute Gasteiger partial charge is 0.354 e. The van der Waals surface area contributed by atoms with Crippen molar-refractivity contribution in [1.82, 2.24) is 5.32 Å². The lowest BCUT2D eigenvalue weighted by Crippen LogP contribution is -2.28. The van der Waals surface area contributed by atoms with Gasteiger partial charge in [0.05, 0.1) is 6.10 Å². The van der Waals surface area contributed by atoms with E-state index in [2.05, 4.69) is 5.32 Å². The van der Waals surface area contributed by atoms with Crippen LogP contribution in [0.3, 0.4) is 0 Å². The Balaban J connectivity index is 2.82. The van der Waals surface area contributed by atoms with Gasteiger partial charge in [0.2, 0.25) is 5.91 Å². The summed E-state index contributed by atoms with van der Waals surface area (Å²) < 4.78 is 5.08. The quantitative estimate of drug-likeness (QED) is 0.608. The fourth-order valence-corrected chi connectivity index (χ4v) is 2.19. The molecule has 0 aliphatic rings. The van der Waals surface area contributed by atoms with Crippen molar-refractivity contribution in [3.8, 4) is 0 Å². The highest BCUT2D eigenvalue weighted by Gasteiger charge is 2.14. The van der Waals surface area contributed by atoms with Gasteiger partial charge in [0, 0.05) is 21.7 Å². The molecule has 1 rings (SSSR count). The van der Waals surface area contributed by atoms with E-state index in [0.29, 0.717) is 22.0 Å². The van der Waals surface area contributed by atoms with Gasteiger partial charge in [0.25, 0.3) is 0 Å². The molecule has 0 aliphatic carbocycles. The maximum absolute atomic E-state index is 12.0. The highest BCUT2D eigenvalue weighted by Crippen LogP contribution is 2.25. The summed E-state index contributed by atoms with van der Waals surface area (Å²) in [7, 11) is 0. The van der Waals surface area contributed by atoms with Gasteiger partial charge in [0.15, 0.2) is 0 Å². The van der Waals surface area contributed by atoms with Crippen LogP contribution in [0.25, 0.3) is 6.08 Å². The molecule has 4 nitrogen and oxygen atoms in total. The normalized spacial score (nSPS) is 11.8. The SMILES string of the molecule is CC/C=C(\NC(=O)/C=C/c1c(Cl)cccc1Cl)C(=O)OC(C)C. The fourth-order valence-electron chi connectivity index (χ4n) is 1.67. The van der Waals surface area contributed by atoms with E-state index in [9.17, 15) is 9.59 Å². The Hall–Kier alpha value is -1.78. The van der Waals surface area contributed by atoms with E-state index in [1.165, 1.54) is 12.2 Å². The first-order chi connectivity index (χ1) is 10.8. The number of allylic oxidation sites excluding steroid dienone is 1. The van der Waals surface area contributed by atoms with Crippen molar-refractivity contribution in [2.45, 2.75) is 33.3 Å². The van der Waals surface area contributed by atoms with E-state index in [1.54, 1.807) is 38.1 Å². The van der Waals surface area contributed by atoms with Crippen LogP contribution in [0.5, 0.6) is 0 Å². The van der Waals surface area contributed by atoms with Crippen LogP contribution in [0.4, 0.5) is 0 Å². The van der Waals surface area contributed by atoms with Crippen molar-refractivity contribution in [3.05, 3.63) is 51.7 Å². The molecule has 0 aromatic heterocycles. The molecular formula is C17H19Cl2NO3. The molecule has 0 unspecified atom stereocenters. The lowest BCUT2D eigenvalue weighted by Gasteiger charge is -2.11. The first-order valence-electron chi connectivity index (χ1n) is 7.19. The largest absolute Gasteiger partial charge is 0.458 e. The second-order valence-electron chi connectivity index (χ2n) is 4.94. The minimum atomic E-state index is -0.570. The molecule has 0 aliphatic heterocycles. The lowest BCUT2D eigenvalue weighted by atomic mass is 10.2. The summed E-state index contributed by atoms with van der Waals surface area (Å²) in [5.41, 5.74) is 0.651. The summed E-state index contributed by atoms with van der Waals surface area (Å²) in [4.78, 5) is 23.9. The zero-order valence-electron chi connectivity index (χ0n) is 13.2. The summed E-state index contributed by atoms with van der Waals surface area (Å²) in [5.74, 6) is -1.04. The maximum Gasteiger partial charge on any atom is 0.354 e. The van der Waals surface area contributed by atoms with Gasteiger partial charge >= 0.3 is 5.97 Å². The van der Waals surface area contributed by atoms with Crippen LogP contribution in [0, 0.1) is 0 Å². The number of ether oxygens (including phenoxy) is 1. The summed E-state index contributed by atoms with van der Waals surface area (Å²) in [6.07, 6.45) is 4.68. The number of nitrogens with one attached hydrogen (secondary N) is 1. The van der Waals surface area contributed by atoms with Gasteiger partial charge in [-0.2, -0.15) is 0 Å². The standard InChI is InChI=1S/C17H19Cl2NO3/c1-4-6-15(17(22)23-11(2)3)20-16(21)10-9-12-13(18)7-5-8-14(12)19/h5-11H,4H2,1-3H3,(H,20,21)/b10-9+,15-6-. The molecule has 0 radical (unpaired) electrons. The number of esters is 1. The van der Waals surface area contributed by atoms with E-state index < -0.39 is 11.9 Å². The van der Waals surface area contributed by atoms with Crippen LogP contribution in [0.2, 0.25) is 10.0 Å². The molecule has 0 saturated carbocycles. The van der Waals surface area contributed by atoms with Crippen LogP contribution in [0.15, 0.2) is 36.0 Å². The Kier molecular flexibility index (Phi) is 7.86. The average Bonchev–Trinajstić information content (AvgIpc) is 2.45. The number of benzene rings is 1. The van der Waals surface area contributed by atoms with E-state index in [4.69, 9.17) is 27.9 Å². The Morgan fingerprint density at radius 1 is 1.26 bits per heavy atom. The Bertz CT molecular complexity index is 616. The Morgan fingerprint density at radius 2 is 1.87 bits per heavy atom. The van der Waals surface area contributed by atoms with Crippen LogP contribution in [-0.4, -0.2) is 18.0 Å². The minimum absolute atomic E-state index is 0.112. The third-order valence-corrected chi connectivity index (χ3v) is 3.29. The predicted octanol–water partition coefficient (Wildman–Crippen LogP) is 4.37. The molecule has 0 fully saturated rings. The number of amides is 1. The second-order valence-corrected chi connectivity index (χ2v) is 5.75. The van der Waals surface area contributed by atoms with Crippen LogP contribution in [0.1, 0.15) is 32.8 Å². The van der Waals surface area contributed by atoms with Gasteiger partial charge in [-0.05, 0) is 38.5 Å². The van der Waals surface area contributed by atoms with E-state index in [-0.39, 0.29) is 11.8 Å². The predicted molar refractivity (Wildman–Crippen MR) is 93.2 cm³/mol. The molecule has 1 aromatic carbocycles. The average molecular weight is 356 g/mol. The maximum atomic E-state index is 12.0. The first kappa shape index (κ1) is 19.3. The van der Waals surface area contributed by atoms with Gasteiger partial charge < -0.3 is 10.1 Å². The summed E-state index contributed by atoms with van der Waals surface area (Å²) in [6, 6.07) is 5.06. The fraction of sp³-hybridized carbons (Fsp3) is 0.294. The minimum Gasteiger partial charge on any atom is -0.458 e. The van der Waals surface area contributed by atoms with Crippen LogP contribution >= 0.6 is 23.2 Å². The lowest BCUT2D eigenvalue weighted by molar-refractivity contribution is -0.143. The number of hydrogen-bond acceptors (Lipinski definition) is 3. The van der Waals surface area contributed by atoms with E-state index >= 15 is 0 Å². The summed E-state index contributed by atoms with van der Waals surface area (Å²) in [6.45, 7) is 5.33. The molecular weight excluding hydrogens is 337 g/mol. The number of rotatable bonds is 6. The van der Waals surface area contributed by atoms with Gasteiger partial charge in [-0.25, -0.2) is 4.79 Å². The van der Waals surface area contributed by atoms with Crippen molar-refractivity contribution in [3.63, 3.8) is 0 Å². The molecule has 1 amide bonds. The van der Waals surface area contributed by atoms with Gasteiger partial charge in [-0.15, -0.1) is 0 Å². The molecule has 1 N–H and O–H groups in total. The zero-order chi connectivity index (χ0) is 17.4. The third kappa shape index (κ3) is 6.47. The number of carbonyl (C=O) groups excluding carboxylic acids is 2. The van der Waals surface area contributed by atoms with Gasteiger partial charge in [-0.3, -0.25) is 4.79 Å². The molecule has 0 spiro atoms. The van der Waals surface area contributed by atoms with Crippen LogP contribution < -0.4 is 5.32 Å². The van der Waals surface area contributed by atoms with Crippen molar-refractivity contribution in [1.29, 1.82) is 0 Å². The molecule has 6 heteroatoms. The topological polar surface area (TPSA) is 55.4 Å². The Labute approximate surface area is 146 Å². The first-order valence-corrected chi connectivity index (χ1v) is 7.95. The van der Waals surface area contributed by atoms with E-state index in [1.807, 2.05) is 6.92 Å². The molecule has 1 aromatic rings.